The van der Waals surface area contributed by atoms with E-state index in [0.717, 1.165) is 80.4 Å². The number of amides is 1. The third-order valence-electron chi connectivity index (χ3n) is 7.85. The standard InChI is InChI=1S/C27H34N4O3/c32-27(19-6-9-23(10-7-19)34-22-4-1-5-22)31-18-20-3-2-12-28-26(20)29-24-11-8-21(17-25(24)31)30-13-15-33-16-14-30/h2-3,8,11-12,17,19,22-23H,1,4-7,9-10,13-16,18H2,(H,28,29)/t19-,23-. The molecule has 7 heteroatoms. The SMILES string of the molecule is O=C([C@H]1CC[C@H](OC2CCC2)CC1)N1Cc2cccnc2Nc2ccc(N3CCOCC3)cc21. The first kappa shape index (κ1) is 21.9. The van der Waals surface area contributed by atoms with E-state index in [-0.39, 0.29) is 11.8 Å². The van der Waals surface area contributed by atoms with E-state index < -0.39 is 0 Å². The number of nitrogens with zero attached hydrogens (tertiary/aromatic N) is 3. The number of rotatable bonds is 4. The summed E-state index contributed by atoms with van der Waals surface area (Å²) in [5, 5.41) is 3.49. The Kier molecular flexibility index (Phi) is 6.14. The number of aromatic nitrogens is 1. The maximum Gasteiger partial charge on any atom is 0.230 e. The molecule has 1 aromatic heterocycles. The van der Waals surface area contributed by atoms with Crippen molar-refractivity contribution < 1.29 is 14.3 Å². The minimum Gasteiger partial charge on any atom is -0.378 e. The molecular formula is C27H34N4O3. The quantitative estimate of drug-likeness (QED) is 0.714. The lowest BCUT2D eigenvalue weighted by Gasteiger charge is -2.36. The van der Waals surface area contributed by atoms with E-state index in [0.29, 0.717) is 18.8 Å². The van der Waals surface area contributed by atoms with Crippen LogP contribution in [0.5, 0.6) is 0 Å². The van der Waals surface area contributed by atoms with Crippen LogP contribution in [0.2, 0.25) is 0 Å². The number of hydrogen-bond acceptors (Lipinski definition) is 6. The molecule has 180 valence electrons. The van der Waals surface area contributed by atoms with Crippen LogP contribution in [-0.4, -0.2) is 49.4 Å². The first-order valence-corrected chi connectivity index (χ1v) is 12.9. The highest BCUT2D eigenvalue weighted by atomic mass is 16.5. The number of morpholine rings is 1. The van der Waals surface area contributed by atoms with Crippen LogP contribution in [0, 0.1) is 5.92 Å². The molecule has 0 bridgehead atoms. The summed E-state index contributed by atoms with van der Waals surface area (Å²) in [6, 6.07) is 10.4. The molecule has 6 rings (SSSR count). The fourth-order valence-corrected chi connectivity index (χ4v) is 5.57. The molecule has 0 atom stereocenters. The highest BCUT2D eigenvalue weighted by Gasteiger charge is 2.34. The Bertz CT molecular complexity index is 1030. The van der Waals surface area contributed by atoms with E-state index in [1.54, 1.807) is 6.20 Å². The molecule has 0 unspecified atom stereocenters. The molecule has 34 heavy (non-hydrogen) atoms. The van der Waals surface area contributed by atoms with Crippen LogP contribution in [0.15, 0.2) is 36.5 Å². The number of anilines is 4. The minimum atomic E-state index is 0.0411. The average Bonchev–Trinajstić information content (AvgIpc) is 3.03. The van der Waals surface area contributed by atoms with Gasteiger partial charge in [-0.2, -0.15) is 0 Å². The summed E-state index contributed by atoms with van der Waals surface area (Å²) in [4.78, 5) is 22.9. The number of carbonyl (C=O) groups excluding carboxylic acids is 1. The van der Waals surface area contributed by atoms with Crippen LogP contribution in [0.25, 0.3) is 0 Å². The van der Waals surface area contributed by atoms with Crippen molar-refractivity contribution in [3.05, 3.63) is 42.1 Å². The fraction of sp³-hybridized carbons (Fsp3) is 0.556. The van der Waals surface area contributed by atoms with Crippen LogP contribution in [0.3, 0.4) is 0 Å². The maximum atomic E-state index is 14.0. The number of carbonyl (C=O) groups is 1. The number of nitrogens with one attached hydrogen (secondary N) is 1. The van der Waals surface area contributed by atoms with Crippen molar-refractivity contribution in [3.63, 3.8) is 0 Å². The van der Waals surface area contributed by atoms with Gasteiger partial charge in [-0.05, 0) is 69.2 Å². The Balaban J connectivity index is 1.26. The van der Waals surface area contributed by atoms with Gasteiger partial charge in [0.1, 0.15) is 5.82 Å². The van der Waals surface area contributed by atoms with Gasteiger partial charge in [0.2, 0.25) is 5.91 Å². The summed E-state index contributed by atoms with van der Waals surface area (Å²) in [7, 11) is 0. The van der Waals surface area contributed by atoms with Crippen LogP contribution < -0.4 is 15.1 Å². The number of fused-ring (bicyclic) bond motifs is 2. The number of pyridine rings is 1. The van der Waals surface area contributed by atoms with E-state index >= 15 is 0 Å². The predicted molar refractivity (Wildman–Crippen MR) is 133 cm³/mol. The van der Waals surface area contributed by atoms with Gasteiger partial charge in [-0.3, -0.25) is 4.79 Å². The van der Waals surface area contributed by atoms with Crippen molar-refractivity contribution in [2.24, 2.45) is 5.92 Å². The Morgan fingerprint density at radius 2 is 1.82 bits per heavy atom. The summed E-state index contributed by atoms with van der Waals surface area (Å²) < 4.78 is 11.8. The predicted octanol–water partition coefficient (Wildman–Crippen LogP) is 4.64. The van der Waals surface area contributed by atoms with Gasteiger partial charge in [0.05, 0.1) is 43.3 Å². The summed E-state index contributed by atoms with van der Waals surface area (Å²) in [5.41, 5.74) is 4.06. The second-order valence-corrected chi connectivity index (χ2v) is 10.0. The molecule has 2 saturated carbocycles. The van der Waals surface area contributed by atoms with Crippen molar-refractivity contribution in [3.8, 4) is 0 Å². The molecule has 0 radical (unpaired) electrons. The molecule has 2 aromatic rings. The largest absolute Gasteiger partial charge is 0.378 e. The van der Waals surface area contributed by atoms with E-state index in [1.165, 1.54) is 19.3 Å². The van der Waals surface area contributed by atoms with Crippen molar-refractivity contribution in [1.29, 1.82) is 0 Å². The molecule has 1 amide bonds. The first-order valence-electron chi connectivity index (χ1n) is 12.9. The van der Waals surface area contributed by atoms with Crippen molar-refractivity contribution in [2.75, 3.05) is 41.4 Å². The van der Waals surface area contributed by atoms with Gasteiger partial charge in [-0.15, -0.1) is 0 Å². The van der Waals surface area contributed by atoms with Crippen LogP contribution in [-0.2, 0) is 20.8 Å². The summed E-state index contributed by atoms with van der Waals surface area (Å²) in [6.07, 6.45) is 10.1. The van der Waals surface area contributed by atoms with Crippen molar-refractivity contribution in [1.82, 2.24) is 4.98 Å². The molecule has 3 heterocycles. The van der Waals surface area contributed by atoms with Gasteiger partial charge in [-0.25, -0.2) is 4.98 Å². The summed E-state index contributed by atoms with van der Waals surface area (Å²) in [6.45, 7) is 3.74. The number of ether oxygens (including phenoxy) is 2. The molecule has 1 saturated heterocycles. The average molecular weight is 463 g/mol. The zero-order chi connectivity index (χ0) is 22.9. The number of hydrogen-bond donors (Lipinski definition) is 1. The Hall–Kier alpha value is -2.64. The molecule has 0 spiro atoms. The van der Waals surface area contributed by atoms with Gasteiger partial charge in [-0.1, -0.05) is 6.07 Å². The minimum absolute atomic E-state index is 0.0411. The van der Waals surface area contributed by atoms with Gasteiger partial charge >= 0.3 is 0 Å². The molecule has 3 fully saturated rings. The summed E-state index contributed by atoms with van der Waals surface area (Å²) >= 11 is 0. The third-order valence-corrected chi connectivity index (χ3v) is 7.85. The highest BCUT2D eigenvalue weighted by molar-refractivity contribution is 6.00. The normalized spacial score (nSPS) is 24.9. The fourth-order valence-electron chi connectivity index (χ4n) is 5.57. The van der Waals surface area contributed by atoms with Crippen molar-refractivity contribution >= 4 is 28.8 Å². The molecule has 2 aliphatic heterocycles. The van der Waals surface area contributed by atoms with Gasteiger partial charge < -0.3 is 24.6 Å². The topological polar surface area (TPSA) is 66.9 Å². The lowest BCUT2D eigenvalue weighted by atomic mass is 9.85. The second kappa shape index (κ2) is 9.55. The molecule has 1 N–H and O–H groups in total. The molecule has 1 aromatic carbocycles. The molecule has 2 aliphatic carbocycles. The van der Waals surface area contributed by atoms with Crippen LogP contribution in [0.1, 0.15) is 50.5 Å². The maximum absolute atomic E-state index is 14.0. The Labute approximate surface area is 201 Å². The van der Waals surface area contributed by atoms with E-state index in [9.17, 15) is 4.79 Å². The lowest BCUT2D eigenvalue weighted by Crippen LogP contribution is -2.39. The van der Waals surface area contributed by atoms with Gasteiger partial charge in [0.15, 0.2) is 0 Å². The van der Waals surface area contributed by atoms with Crippen LogP contribution >= 0.6 is 0 Å². The zero-order valence-electron chi connectivity index (χ0n) is 19.7. The Morgan fingerprint density at radius 3 is 2.59 bits per heavy atom. The van der Waals surface area contributed by atoms with E-state index in [2.05, 4.69) is 39.5 Å². The zero-order valence-corrected chi connectivity index (χ0v) is 19.7. The molecular weight excluding hydrogens is 428 g/mol. The molecule has 4 aliphatic rings. The third kappa shape index (κ3) is 4.39. The summed E-state index contributed by atoms with van der Waals surface area (Å²) in [5.74, 6) is 1.09. The lowest BCUT2D eigenvalue weighted by molar-refractivity contribution is -0.125. The smallest absolute Gasteiger partial charge is 0.230 e. The highest BCUT2D eigenvalue weighted by Crippen LogP contribution is 2.40. The van der Waals surface area contributed by atoms with Crippen molar-refractivity contribution in [2.45, 2.75) is 63.7 Å². The molecule has 7 nitrogen and oxygen atoms in total. The monoisotopic (exact) mass is 462 g/mol. The van der Waals surface area contributed by atoms with E-state index in [4.69, 9.17) is 9.47 Å². The second-order valence-electron chi connectivity index (χ2n) is 10.0. The van der Waals surface area contributed by atoms with Gasteiger partial charge in [0.25, 0.3) is 0 Å². The van der Waals surface area contributed by atoms with E-state index in [1.807, 2.05) is 11.0 Å². The van der Waals surface area contributed by atoms with Gasteiger partial charge in [0, 0.05) is 36.5 Å². The number of benzene rings is 1. The first-order chi connectivity index (χ1) is 16.7. The Morgan fingerprint density at radius 1 is 1.03 bits per heavy atom. The van der Waals surface area contributed by atoms with Crippen LogP contribution in [0.4, 0.5) is 22.9 Å².